The molecule has 0 aliphatic carbocycles. The van der Waals surface area contributed by atoms with Gasteiger partial charge in [0.25, 0.3) is 5.91 Å². The van der Waals surface area contributed by atoms with Crippen LogP contribution in [-0.2, 0) is 6.42 Å². The summed E-state index contributed by atoms with van der Waals surface area (Å²) in [5.74, 6) is -0.362. The maximum Gasteiger partial charge on any atom is 0.322 e. The van der Waals surface area contributed by atoms with Crippen molar-refractivity contribution >= 4 is 11.6 Å². The molecule has 7 heteroatoms. The van der Waals surface area contributed by atoms with Crippen LogP contribution < -0.4 is 0 Å². The van der Waals surface area contributed by atoms with Gasteiger partial charge in [0.1, 0.15) is 5.69 Å². The Hall–Kier alpha value is -2.70. The van der Waals surface area contributed by atoms with Gasteiger partial charge in [0.2, 0.25) is 5.69 Å². The molecule has 120 valence electrons. The lowest BCUT2D eigenvalue weighted by Crippen LogP contribution is -2.37. The summed E-state index contributed by atoms with van der Waals surface area (Å²) in [6.07, 6.45) is 2.56. The second-order valence-corrected chi connectivity index (χ2v) is 5.79. The number of aromatic amines is 1. The van der Waals surface area contributed by atoms with Gasteiger partial charge in [-0.25, -0.2) is 0 Å². The summed E-state index contributed by atoms with van der Waals surface area (Å²) in [5, 5.41) is 17.6. The van der Waals surface area contributed by atoms with E-state index in [-0.39, 0.29) is 23.3 Å². The van der Waals surface area contributed by atoms with Crippen molar-refractivity contribution in [3.05, 3.63) is 57.4 Å². The third-order valence-corrected chi connectivity index (χ3v) is 4.25. The zero-order chi connectivity index (χ0) is 16.4. The van der Waals surface area contributed by atoms with E-state index in [2.05, 4.69) is 10.2 Å². The smallest absolute Gasteiger partial charge is 0.322 e. The minimum atomic E-state index is -0.547. The van der Waals surface area contributed by atoms with Crippen molar-refractivity contribution in [3.8, 4) is 0 Å². The Kier molecular flexibility index (Phi) is 4.10. The minimum absolute atomic E-state index is 0.0570. The van der Waals surface area contributed by atoms with Gasteiger partial charge in [-0.15, -0.1) is 0 Å². The highest BCUT2D eigenvalue weighted by molar-refractivity contribution is 5.96. The van der Waals surface area contributed by atoms with Crippen LogP contribution in [0.1, 0.15) is 34.6 Å². The van der Waals surface area contributed by atoms with Crippen molar-refractivity contribution in [1.82, 2.24) is 15.1 Å². The Morgan fingerprint density at radius 2 is 2.17 bits per heavy atom. The van der Waals surface area contributed by atoms with Crippen LogP contribution >= 0.6 is 0 Å². The average Bonchev–Trinajstić information content (AvgIpc) is 3.14. The summed E-state index contributed by atoms with van der Waals surface area (Å²) < 4.78 is 0. The van der Waals surface area contributed by atoms with Gasteiger partial charge in [-0.2, -0.15) is 5.10 Å². The molecule has 3 rings (SSSR count). The summed E-state index contributed by atoms with van der Waals surface area (Å²) in [5.41, 5.74) is 1.15. The molecule has 0 bridgehead atoms. The van der Waals surface area contributed by atoms with Gasteiger partial charge in [-0.1, -0.05) is 30.3 Å². The predicted molar refractivity (Wildman–Crippen MR) is 84.2 cm³/mol. The SMILES string of the molecule is Cc1[nH]nc(C(=O)N2CCC[C@H]2Cc2ccccc2)c1[N+](=O)[O-]. The average molecular weight is 314 g/mol. The van der Waals surface area contributed by atoms with Crippen molar-refractivity contribution in [1.29, 1.82) is 0 Å². The van der Waals surface area contributed by atoms with E-state index in [0.717, 1.165) is 24.8 Å². The van der Waals surface area contributed by atoms with E-state index in [1.807, 2.05) is 30.3 Å². The van der Waals surface area contributed by atoms with Gasteiger partial charge in [-0.3, -0.25) is 20.0 Å². The van der Waals surface area contributed by atoms with E-state index in [4.69, 9.17) is 0 Å². The lowest BCUT2D eigenvalue weighted by molar-refractivity contribution is -0.385. The molecule has 0 saturated carbocycles. The fourth-order valence-corrected chi connectivity index (χ4v) is 3.13. The molecule has 1 aromatic carbocycles. The number of nitrogens with zero attached hydrogens (tertiary/aromatic N) is 3. The fourth-order valence-electron chi connectivity index (χ4n) is 3.13. The summed E-state index contributed by atoms with van der Waals surface area (Å²) >= 11 is 0. The second kappa shape index (κ2) is 6.20. The first-order valence-electron chi connectivity index (χ1n) is 7.62. The molecule has 7 nitrogen and oxygen atoms in total. The van der Waals surface area contributed by atoms with E-state index in [9.17, 15) is 14.9 Å². The molecular weight excluding hydrogens is 296 g/mol. The monoisotopic (exact) mass is 314 g/mol. The van der Waals surface area contributed by atoms with E-state index in [1.165, 1.54) is 0 Å². The number of aryl methyl sites for hydroxylation is 1. The highest BCUT2D eigenvalue weighted by atomic mass is 16.6. The third-order valence-electron chi connectivity index (χ3n) is 4.25. The molecule has 1 fully saturated rings. The van der Waals surface area contributed by atoms with Gasteiger partial charge in [-0.05, 0) is 31.7 Å². The second-order valence-electron chi connectivity index (χ2n) is 5.79. The fraction of sp³-hybridized carbons (Fsp3) is 0.375. The standard InChI is InChI=1S/C16H18N4O3/c1-11-15(20(22)23)14(18-17-11)16(21)19-9-5-8-13(19)10-12-6-3-2-4-7-12/h2-4,6-7,13H,5,8-10H2,1H3,(H,17,18)/t13-/m0/s1. The number of carbonyl (C=O) groups is 1. The normalized spacial score (nSPS) is 17.4. The maximum atomic E-state index is 12.7. The highest BCUT2D eigenvalue weighted by Crippen LogP contribution is 2.27. The number of nitrogens with one attached hydrogen (secondary N) is 1. The number of benzene rings is 1. The molecule has 1 aromatic heterocycles. The van der Waals surface area contributed by atoms with Crippen LogP contribution in [0.5, 0.6) is 0 Å². The summed E-state index contributed by atoms with van der Waals surface area (Å²) in [7, 11) is 0. The predicted octanol–water partition coefficient (Wildman–Crippen LogP) is 2.47. The molecule has 1 amide bonds. The van der Waals surface area contributed by atoms with Crippen LogP contribution in [0.3, 0.4) is 0 Å². The Morgan fingerprint density at radius 3 is 2.87 bits per heavy atom. The van der Waals surface area contributed by atoms with Crippen LogP contribution in [0.4, 0.5) is 5.69 Å². The molecule has 1 N–H and O–H groups in total. The van der Waals surface area contributed by atoms with Crippen molar-refractivity contribution in [2.24, 2.45) is 0 Å². The van der Waals surface area contributed by atoms with Crippen LogP contribution in [0.2, 0.25) is 0 Å². The number of carbonyl (C=O) groups excluding carboxylic acids is 1. The molecule has 0 spiro atoms. The molecule has 2 heterocycles. The van der Waals surface area contributed by atoms with Crippen molar-refractivity contribution < 1.29 is 9.72 Å². The number of likely N-dealkylation sites (tertiary alicyclic amines) is 1. The van der Waals surface area contributed by atoms with Gasteiger partial charge in [0.15, 0.2) is 0 Å². The number of H-pyrrole nitrogens is 1. The summed E-state index contributed by atoms with van der Waals surface area (Å²) in [4.78, 5) is 25.1. The van der Waals surface area contributed by atoms with E-state index in [0.29, 0.717) is 12.2 Å². The molecular formula is C16H18N4O3. The number of aromatic nitrogens is 2. The molecule has 23 heavy (non-hydrogen) atoms. The van der Waals surface area contributed by atoms with Crippen LogP contribution in [0, 0.1) is 17.0 Å². The van der Waals surface area contributed by atoms with E-state index in [1.54, 1.807) is 11.8 Å². The highest BCUT2D eigenvalue weighted by Gasteiger charge is 2.35. The first-order chi connectivity index (χ1) is 11.1. The number of amides is 1. The molecule has 1 atom stereocenters. The molecule has 0 radical (unpaired) electrons. The summed E-state index contributed by atoms with van der Waals surface area (Å²) in [6, 6.07) is 10.0. The maximum absolute atomic E-state index is 12.7. The van der Waals surface area contributed by atoms with Crippen LogP contribution in [0.15, 0.2) is 30.3 Å². The van der Waals surface area contributed by atoms with Crippen molar-refractivity contribution in [2.45, 2.75) is 32.2 Å². The number of nitro groups is 1. The van der Waals surface area contributed by atoms with Gasteiger partial charge >= 0.3 is 5.69 Å². The first kappa shape index (κ1) is 15.2. The molecule has 1 aliphatic rings. The first-order valence-corrected chi connectivity index (χ1v) is 7.62. The number of rotatable bonds is 4. The number of hydrogen-bond donors (Lipinski definition) is 1. The van der Waals surface area contributed by atoms with Crippen LogP contribution in [-0.4, -0.2) is 38.5 Å². The lowest BCUT2D eigenvalue weighted by Gasteiger charge is -2.23. The quantitative estimate of drug-likeness (QED) is 0.693. The number of hydrogen-bond acceptors (Lipinski definition) is 4. The topological polar surface area (TPSA) is 92.1 Å². The summed E-state index contributed by atoms with van der Waals surface area (Å²) in [6.45, 7) is 2.16. The van der Waals surface area contributed by atoms with Crippen molar-refractivity contribution in [3.63, 3.8) is 0 Å². The molecule has 1 saturated heterocycles. The van der Waals surface area contributed by atoms with Crippen LogP contribution in [0.25, 0.3) is 0 Å². The lowest BCUT2D eigenvalue weighted by atomic mass is 10.0. The Bertz CT molecular complexity index is 726. The minimum Gasteiger partial charge on any atom is -0.334 e. The van der Waals surface area contributed by atoms with Crippen molar-refractivity contribution in [2.75, 3.05) is 6.54 Å². The Morgan fingerprint density at radius 1 is 1.43 bits per heavy atom. The largest absolute Gasteiger partial charge is 0.334 e. The van der Waals surface area contributed by atoms with Gasteiger partial charge < -0.3 is 4.90 Å². The molecule has 1 aliphatic heterocycles. The van der Waals surface area contributed by atoms with E-state index < -0.39 is 4.92 Å². The third kappa shape index (κ3) is 2.94. The van der Waals surface area contributed by atoms with Gasteiger partial charge in [0, 0.05) is 12.6 Å². The van der Waals surface area contributed by atoms with Gasteiger partial charge in [0.05, 0.1) is 4.92 Å². The zero-order valence-corrected chi connectivity index (χ0v) is 12.9. The Balaban J connectivity index is 1.83. The van der Waals surface area contributed by atoms with E-state index >= 15 is 0 Å². The molecule has 2 aromatic rings. The Labute approximate surface area is 133 Å². The molecule has 0 unspecified atom stereocenters. The zero-order valence-electron chi connectivity index (χ0n) is 12.9.